The van der Waals surface area contributed by atoms with Crippen LogP contribution in [0.2, 0.25) is 0 Å². The largest absolute Gasteiger partial charge is 0.463 e. The Labute approximate surface area is 124 Å². The van der Waals surface area contributed by atoms with E-state index < -0.39 is 0 Å². The minimum atomic E-state index is -0.0887. The van der Waals surface area contributed by atoms with Crippen LogP contribution in [0.3, 0.4) is 0 Å². The molecule has 2 atom stereocenters. The van der Waals surface area contributed by atoms with Crippen molar-refractivity contribution in [1.29, 1.82) is 0 Å². The summed E-state index contributed by atoms with van der Waals surface area (Å²) in [6, 6.07) is 3.72. The summed E-state index contributed by atoms with van der Waals surface area (Å²) in [7, 11) is 1.85. The fraction of sp³-hybridized carbons (Fsp3) is 0.625. The maximum Gasteiger partial charge on any atom is 0.233 e. The topological polar surface area (TPSA) is 62.6 Å². The van der Waals surface area contributed by atoms with Gasteiger partial charge in [-0.3, -0.25) is 14.5 Å². The van der Waals surface area contributed by atoms with Crippen LogP contribution in [0.4, 0.5) is 0 Å². The average molecular weight is 290 g/mol. The highest BCUT2D eigenvalue weighted by molar-refractivity contribution is 6.05. The number of furan rings is 1. The molecule has 2 unspecified atom stereocenters. The Bertz CT molecular complexity index is 527. The molecule has 0 bridgehead atoms. The van der Waals surface area contributed by atoms with Crippen LogP contribution in [-0.2, 0) is 22.7 Å². The van der Waals surface area contributed by atoms with Gasteiger partial charge in [0.05, 0.1) is 24.9 Å². The predicted octanol–water partition coefficient (Wildman–Crippen LogP) is 1.92. The highest BCUT2D eigenvalue weighted by Gasteiger charge is 2.52. The second-order valence-electron chi connectivity index (χ2n) is 6.12. The Kier molecular flexibility index (Phi) is 3.85. The van der Waals surface area contributed by atoms with Gasteiger partial charge < -0.3 is 9.73 Å². The zero-order chi connectivity index (χ0) is 15.0. The summed E-state index contributed by atoms with van der Waals surface area (Å²) in [6.07, 6.45) is 2.79. The first-order valence-corrected chi connectivity index (χ1v) is 7.71. The van der Waals surface area contributed by atoms with Crippen molar-refractivity contribution < 1.29 is 14.0 Å². The van der Waals surface area contributed by atoms with Crippen LogP contribution < -0.4 is 5.32 Å². The van der Waals surface area contributed by atoms with Gasteiger partial charge in [-0.05, 0) is 37.9 Å². The monoisotopic (exact) mass is 290 g/mol. The Morgan fingerprint density at radius 2 is 1.81 bits per heavy atom. The molecule has 1 aromatic rings. The predicted molar refractivity (Wildman–Crippen MR) is 77.0 cm³/mol. The number of nitrogens with zero attached hydrogens (tertiary/aromatic N) is 1. The first kappa shape index (κ1) is 14.3. The van der Waals surface area contributed by atoms with Crippen molar-refractivity contribution in [3.63, 3.8) is 0 Å². The van der Waals surface area contributed by atoms with Gasteiger partial charge in [0, 0.05) is 0 Å². The van der Waals surface area contributed by atoms with Gasteiger partial charge in [-0.15, -0.1) is 0 Å². The molecule has 1 N–H and O–H groups in total. The zero-order valence-corrected chi connectivity index (χ0v) is 12.6. The van der Waals surface area contributed by atoms with E-state index >= 15 is 0 Å². The van der Waals surface area contributed by atoms with Crippen molar-refractivity contribution in [1.82, 2.24) is 10.2 Å². The molecule has 0 spiro atoms. The molecule has 1 saturated heterocycles. The van der Waals surface area contributed by atoms with Crippen LogP contribution in [0, 0.1) is 17.8 Å². The first-order valence-electron chi connectivity index (χ1n) is 7.71. The van der Waals surface area contributed by atoms with Crippen molar-refractivity contribution >= 4 is 11.8 Å². The molecule has 1 aliphatic heterocycles. The molecule has 0 radical (unpaired) electrons. The van der Waals surface area contributed by atoms with Gasteiger partial charge in [0.1, 0.15) is 11.5 Å². The fourth-order valence-electron chi connectivity index (χ4n) is 3.62. The van der Waals surface area contributed by atoms with E-state index in [0.29, 0.717) is 18.2 Å². The quantitative estimate of drug-likeness (QED) is 0.842. The summed E-state index contributed by atoms with van der Waals surface area (Å²) in [5, 5.41) is 3.01. The molecule has 3 rings (SSSR count). The highest BCUT2D eigenvalue weighted by Crippen LogP contribution is 2.44. The zero-order valence-electron chi connectivity index (χ0n) is 12.6. The van der Waals surface area contributed by atoms with Crippen molar-refractivity contribution in [2.24, 2.45) is 17.8 Å². The second-order valence-corrected chi connectivity index (χ2v) is 6.12. The number of nitrogens with one attached hydrogen (secondary N) is 1. The van der Waals surface area contributed by atoms with E-state index in [-0.39, 0.29) is 30.2 Å². The smallest absolute Gasteiger partial charge is 0.233 e. The van der Waals surface area contributed by atoms with E-state index in [9.17, 15) is 9.59 Å². The van der Waals surface area contributed by atoms with E-state index in [4.69, 9.17) is 4.42 Å². The van der Waals surface area contributed by atoms with Gasteiger partial charge in [0.2, 0.25) is 11.8 Å². The highest BCUT2D eigenvalue weighted by atomic mass is 16.3. The van der Waals surface area contributed by atoms with Crippen molar-refractivity contribution in [2.45, 2.75) is 39.3 Å². The van der Waals surface area contributed by atoms with Crippen LogP contribution in [0.5, 0.6) is 0 Å². The summed E-state index contributed by atoms with van der Waals surface area (Å²) < 4.78 is 5.64. The maximum atomic E-state index is 12.4. The second kappa shape index (κ2) is 5.64. The van der Waals surface area contributed by atoms with Crippen LogP contribution in [0.25, 0.3) is 0 Å². The van der Waals surface area contributed by atoms with Crippen molar-refractivity contribution in [3.05, 3.63) is 23.7 Å². The Morgan fingerprint density at radius 3 is 2.38 bits per heavy atom. The van der Waals surface area contributed by atoms with E-state index in [1.54, 1.807) is 0 Å². The Hall–Kier alpha value is -1.62. The van der Waals surface area contributed by atoms with Gasteiger partial charge in [-0.25, -0.2) is 0 Å². The van der Waals surface area contributed by atoms with Gasteiger partial charge in [0.25, 0.3) is 0 Å². The van der Waals surface area contributed by atoms with Crippen molar-refractivity contribution in [2.75, 3.05) is 7.05 Å². The number of carbonyl (C=O) groups is 2. The lowest BCUT2D eigenvalue weighted by Crippen LogP contribution is -2.31. The third-order valence-corrected chi connectivity index (χ3v) is 4.79. The van der Waals surface area contributed by atoms with E-state index in [1.807, 2.05) is 19.2 Å². The molecule has 1 aliphatic carbocycles. The molecule has 2 amide bonds. The van der Waals surface area contributed by atoms with E-state index in [1.165, 1.54) is 4.90 Å². The normalized spacial score (nSPS) is 28.5. The van der Waals surface area contributed by atoms with E-state index in [2.05, 4.69) is 12.2 Å². The lowest BCUT2D eigenvalue weighted by molar-refractivity contribution is -0.141. The third kappa shape index (κ3) is 2.50. The fourth-order valence-corrected chi connectivity index (χ4v) is 3.62. The molecule has 5 heteroatoms. The Morgan fingerprint density at radius 1 is 1.19 bits per heavy atom. The third-order valence-electron chi connectivity index (χ3n) is 4.79. The van der Waals surface area contributed by atoms with Crippen LogP contribution in [-0.4, -0.2) is 23.8 Å². The van der Waals surface area contributed by atoms with Crippen LogP contribution in [0.1, 0.15) is 37.7 Å². The van der Waals surface area contributed by atoms with Gasteiger partial charge in [0.15, 0.2) is 0 Å². The molecule has 0 aromatic carbocycles. The molecule has 5 nitrogen and oxygen atoms in total. The number of amides is 2. The Balaban J connectivity index is 1.69. The summed E-state index contributed by atoms with van der Waals surface area (Å²) in [6.45, 7) is 3.04. The van der Waals surface area contributed by atoms with Crippen LogP contribution in [0.15, 0.2) is 16.5 Å². The lowest BCUT2D eigenvalue weighted by atomic mass is 10.00. The number of hydrogen-bond donors (Lipinski definition) is 1. The van der Waals surface area contributed by atoms with Gasteiger partial charge in [-0.2, -0.15) is 0 Å². The molecule has 2 heterocycles. The summed E-state index contributed by atoms with van der Waals surface area (Å²) >= 11 is 0. The van der Waals surface area contributed by atoms with Crippen LogP contribution >= 0.6 is 0 Å². The minimum absolute atomic E-state index is 0.00693. The maximum absolute atomic E-state index is 12.4. The number of imide groups is 1. The molecule has 1 aromatic heterocycles. The van der Waals surface area contributed by atoms with Crippen molar-refractivity contribution in [3.8, 4) is 0 Å². The summed E-state index contributed by atoms with van der Waals surface area (Å²) in [5.41, 5.74) is 0. The first-order chi connectivity index (χ1) is 10.1. The molecule has 1 saturated carbocycles. The molecule has 21 heavy (non-hydrogen) atoms. The number of rotatable bonds is 5. The summed E-state index contributed by atoms with van der Waals surface area (Å²) in [5.74, 6) is 1.83. The summed E-state index contributed by atoms with van der Waals surface area (Å²) in [4.78, 5) is 26.3. The minimum Gasteiger partial charge on any atom is -0.463 e. The molecule has 2 aliphatic rings. The van der Waals surface area contributed by atoms with Gasteiger partial charge >= 0.3 is 0 Å². The number of carbonyl (C=O) groups excluding carboxylic acids is 2. The molecular weight excluding hydrogens is 268 g/mol. The number of fused-ring (bicyclic) bond motifs is 1. The molecule has 114 valence electrons. The SMILES string of the molecule is CCC1CC2C(=O)N(Cc3ccc(CNC)o3)C(=O)C2C1. The lowest BCUT2D eigenvalue weighted by Gasteiger charge is -2.16. The number of hydrogen-bond acceptors (Lipinski definition) is 4. The van der Waals surface area contributed by atoms with E-state index in [0.717, 1.165) is 25.0 Å². The number of likely N-dealkylation sites (tertiary alicyclic amines) is 1. The van der Waals surface area contributed by atoms with Gasteiger partial charge in [-0.1, -0.05) is 13.3 Å². The molecule has 2 fully saturated rings. The average Bonchev–Trinajstić information content (AvgIpc) is 3.14. The molecular formula is C16H22N2O3. The standard InChI is InChI=1S/C16H22N2O3/c1-3-10-6-13-14(7-10)16(20)18(15(13)19)9-12-5-4-11(21-12)8-17-2/h4-5,10,13-14,17H,3,6-9H2,1-2H3.